The van der Waals surface area contributed by atoms with E-state index in [0.29, 0.717) is 12.5 Å². The lowest BCUT2D eigenvalue weighted by molar-refractivity contribution is -0.155. The average molecular weight is 286 g/mol. The average Bonchev–Trinajstić information content (AvgIpc) is 3.30. The van der Waals surface area contributed by atoms with E-state index in [9.17, 15) is 9.59 Å². The van der Waals surface area contributed by atoms with Crippen molar-refractivity contribution in [1.29, 1.82) is 0 Å². The lowest BCUT2D eigenvalue weighted by Gasteiger charge is -2.44. The van der Waals surface area contributed by atoms with Gasteiger partial charge in [-0.3, -0.25) is 9.59 Å². The molecule has 112 valence electrons. The number of amides is 2. The van der Waals surface area contributed by atoms with E-state index in [2.05, 4.69) is 5.32 Å². The Kier molecular flexibility index (Phi) is 3.47. The molecule has 4 heteroatoms. The van der Waals surface area contributed by atoms with Gasteiger partial charge in [0.2, 0.25) is 5.91 Å². The summed E-state index contributed by atoms with van der Waals surface area (Å²) in [6.07, 6.45) is 2.97. The Morgan fingerprint density at radius 3 is 2.48 bits per heavy atom. The highest BCUT2D eigenvalue weighted by Gasteiger charge is 2.52. The fourth-order valence-electron chi connectivity index (χ4n) is 3.26. The van der Waals surface area contributed by atoms with Crippen LogP contribution >= 0.6 is 0 Å². The van der Waals surface area contributed by atoms with Crippen LogP contribution in [0.5, 0.6) is 0 Å². The maximum atomic E-state index is 13.0. The Morgan fingerprint density at radius 1 is 1.24 bits per heavy atom. The highest BCUT2D eigenvalue weighted by molar-refractivity contribution is 6.00. The summed E-state index contributed by atoms with van der Waals surface area (Å²) in [5, 5.41) is 2.99. The van der Waals surface area contributed by atoms with Crippen LogP contribution < -0.4 is 5.32 Å². The molecule has 2 fully saturated rings. The van der Waals surface area contributed by atoms with E-state index < -0.39 is 5.54 Å². The standard InChI is InChI=1S/C17H22N2O2/c1-3-11-19-14(12-9-10-12)15(20)18-17(2,16(19)21)13-7-5-4-6-8-13/h4-8,12,14H,3,9-11H2,1-2H3,(H,18,20). The number of benzene rings is 1. The van der Waals surface area contributed by atoms with E-state index in [1.807, 2.05) is 49.1 Å². The van der Waals surface area contributed by atoms with Gasteiger partial charge in [0.05, 0.1) is 0 Å². The third-order valence-electron chi connectivity index (χ3n) is 4.55. The van der Waals surface area contributed by atoms with Crippen LogP contribution in [0.4, 0.5) is 0 Å². The van der Waals surface area contributed by atoms with Gasteiger partial charge in [-0.2, -0.15) is 0 Å². The second-order valence-corrected chi connectivity index (χ2v) is 6.26. The van der Waals surface area contributed by atoms with E-state index in [1.165, 1.54) is 0 Å². The van der Waals surface area contributed by atoms with Crippen molar-refractivity contribution >= 4 is 11.8 Å². The number of hydrogen-bond acceptors (Lipinski definition) is 2. The second-order valence-electron chi connectivity index (χ2n) is 6.26. The van der Waals surface area contributed by atoms with Gasteiger partial charge in [-0.05, 0) is 37.7 Å². The van der Waals surface area contributed by atoms with Crippen molar-refractivity contribution in [3.63, 3.8) is 0 Å². The van der Waals surface area contributed by atoms with Gasteiger partial charge in [0.1, 0.15) is 11.6 Å². The van der Waals surface area contributed by atoms with Crippen LogP contribution in [0.3, 0.4) is 0 Å². The number of carbonyl (C=O) groups is 2. The Labute approximate surface area is 125 Å². The summed E-state index contributed by atoms with van der Waals surface area (Å²) < 4.78 is 0. The molecule has 1 aromatic carbocycles. The molecule has 0 bridgehead atoms. The predicted molar refractivity (Wildman–Crippen MR) is 80.5 cm³/mol. The molecule has 1 saturated carbocycles. The summed E-state index contributed by atoms with van der Waals surface area (Å²) in [5.74, 6) is 0.366. The Bertz CT molecular complexity index is 553. The van der Waals surface area contributed by atoms with Crippen LogP contribution in [0.2, 0.25) is 0 Å². The smallest absolute Gasteiger partial charge is 0.253 e. The molecule has 1 aromatic rings. The fraction of sp³-hybridized carbons (Fsp3) is 0.529. The minimum Gasteiger partial charge on any atom is -0.336 e. The predicted octanol–water partition coefficient (Wildman–Crippen LogP) is 2.05. The van der Waals surface area contributed by atoms with Gasteiger partial charge in [-0.25, -0.2) is 0 Å². The van der Waals surface area contributed by atoms with Gasteiger partial charge in [0.15, 0.2) is 0 Å². The summed E-state index contributed by atoms with van der Waals surface area (Å²) >= 11 is 0. The third-order valence-corrected chi connectivity index (χ3v) is 4.55. The fourth-order valence-corrected chi connectivity index (χ4v) is 3.26. The Hall–Kier alpha value is -1.84. The van der Waals surface area contributed by atoms with Crippen LogP contribution in [0, 0.1) is 5.92 Å². The lowest BCUT2D eigenvalue weighted by atomic mass is 9.86. The first-order valence-corrected chi connectivity index (χ1v) is 7.76. The number of rotatable bonds is 4. The number of nitrogens with one attached hydrogen (secondary N) is 1. The van der Waals surface area contributed by atoms with Gasteiger partial charge in [-0.1, -0.05) is 37.3 Å². The summed E-state index contributed by atoms with van der Waals surface area (Å²) in [6.45, 7) is 4.51. The van der Waals surface area contributed by atoms with Crippen LogP contribution in [0.25, 0.3) is 0 Å². The molecule has 4 nitrogen and oxygen atoms in total. The van der Waals surface area contributed by atoms with Crippen molar-refractivity contribution in [2.24, 2.45) is 5.92 Å². The molecule has 1 N–H and O–H groups in total. The van der Waals surface area contributed by atoms with E-state index in [-0.39, 0.29) is 17.9 Å². The zero-order valence-corrected chi connectivity index (χ0v) is 12.6. The van der Waals surface area contributed by atoms with Crippen molar-refractivity contribution in [3.05, 3.63) is 35.9 Å². The van der Waals surface area contributed by atoms with Crippen molar-refractivity contribution in [3.8, 4) is 0 Å². The van der Waals surface area contributed by atoms with Crippen molar-refractivity contribution < 1.29 is 9.59 Å². The van der Waals surface area contributed by atoms with Gasteiger partial charge >= 0.3 is 0 Å². The van der Waals surface area contributed by atoms with E-state index in [1.54, 1.807) is 0 Å². The first-order chi connectivity index (χ1) is 10.1. The number of hydrogen-bond donors (Lipinski definition) is 1. The van der Waals surface area contributed by atoms with Crippen molar-refractivity contribution in [2.75, 3.05) is 6.54 Å². The Balaban J connectivity index is 1.97. The molecule has 0 spiro atoms. The molecular formula is C17H22N2O2. The Morgan fingerprint density at radius 2 is 1.90 bits per heavy atom. The summed E-state index contributed by atoms with van der Waals surface area (Å²) in [6, 6.07) is 9.25. The topological polar surface area (TPSA) is 49.4 Å². The zero-order valence-electron chi connectivity index (χ0n) is 12.6. The van der Waals surface area contributed by atoms with Gasteiger partial charge in [-0.15, -0.1) is 0 Å². The van der Waals surface area contributed by atoms with E-state index >= 15 is 0 Å². The number of nitrogens with zero attached hydrogens (tertiary/aromatic N) is 1. The zero-order chi connectivity index (χ0) is 15.0. The summed E-state index contributed by atoms with van der Waals surface area (Å²) in [5.41, 5.74) is -0.0995. The molecule has 2 unspecified atom stereocenters. The molecule has 1 aliphatic carbocycles. The largest absolute Gasteiger partial charge is 0.336 e. The van der Waals surface area contributed by atoms with Crippen LogP contribution in [0.15, 0.2) is 30.3 Å². The lowest BCUT2D eigenvalue weighted by Crippen LogP contribution is -2.68. The quantitative estimate of drug-likeness (QED) is 0.921. The summed E-state index contributed by atoms with van der Waals surface area (Å²) in [7, 11) is 0. The molecule has 21 heavy (non-hydrogen) atoms. The molecule has 0 aromatic heterocycles. The van der Waals surface area contributed by atoms with Crippen LogP contribution in [-0.4, -0.2) is 29.3 Å². The highest BCUT2D eigenvalue weighted by Crippen LogP contribution is 2.40. The van der Waals surface area contributed by atoms with Gasteiger partial charge < -0.3 is 10.2 Å². The molecule has 2 atom stereocenters. The SMILES string of the molecule is CCCN1C(=O)C(C)(c2ccccc2)NC(=O)C1C1CC1. The molecule has 1 saturated heterocycles. The number of piperazine rings is 1. The molecular weight excluding hydrogens is 264 g/mol. The van der Waals surface area contributed by atoms with Crippen molar-refractivity contribution in [2.45, 2.75) is 44.7 Å². The maximum Gasteiger partial charge on any atom is 0.253 e. The second kappa shape index (κ2) is 5.17. The molecule has 1 heterocycles. The molecule has 2 aliphatic rings. The maximum absolute atomic E-state index is 13.0. The molecule has 0 radical (unpaired) electrons. The minimum atomic E-state index is -0.946. The molecule has 3 rings (SSSR count). The normalized spacial score (nSPS) is 29.4. The summed E-state index contributed by atoms with van der Waals surface area (Å²) in [4.78, 5) is 27.4. The number of carbonyl (C=O) groups excluding carboxylic acids is 2. The van der Waals surface area contributed by atoms with Crippen LogP contribution in [0.1, 0.15) is 38.7 Å². The van der Waals surface area contributed by atoms with E-state index in [0.717, 1.165) is 24.8 Å². The first-order valence-electron chi connectivity index (χ1n) is 7.76. The minimum absolute atomic E-state index is 0.00287. The highest BCUT2D eigenvalue weighted by atomic mass is 16.2. The molecule has 1 aliphatic heterocycles. The monoisotopic (exact) mass is 286 g/mol. The van der Waals surface area contributed by atoms with Gasteiger partial charge in [0, 0.05) is 6.54 Å². The van der Waals surface area contributed by atoms with Crippen LogP contribution in [-0.2, 0) is 15.1 Å². The van der Waals surface area contributed by atoms with E-state index in [4.69, 9.17) is 0 Å². The molecule has 2 amide bonds. The van der Waals surface area contributed by atoms with Crippen molar-refractivity contribution in [1.82, 2.24) is 10.2 Å². The van der Waals surface area contributed by atoms with Gasteiger partial charge in [0.25, 0.3) is 5.91 Å². The third kappa shape index (κ3) is 2.33. The first kappa shape index (κ1) is 14.1.